The van der Waals surface area contributed by atoms with Crippen molar-refractivity contribution in [1.82, 2.24) is 5.32 Å². The normalized spacial score (nSPS) is 14.5. The Bertz CT molecular complexity index is 385. The van der Waals surface area contributed by atoms with Gasteiger partial charge >= 0.3 is 5.97 Å². The molecule has 1 aromatic rings. The summed E-state index contributed by atoms with van der Waals surface area (Å²) in [5, 5.41) is 21.1. The number of carboxylic acids is 1. The molecule has 2 atom stereocenters. The standard InChI is InChI=1S/C14H21NO3/c1-9(2)12-6-4-11(5-7-12)8-15-13(10(3)16)14(17)18/h4-7,9-10,13,15-16H,8H2,1-3H3,(H,17,18). The van der Waals surface area contributed by atoms with Gasteiger partial charge in [-0.25, -0.2) is 0 Å². The van der Waals surface area contributed by atoms with E-state index in [4.69, 9.17) is 5.11 Å². The van der Waals surface area contributed by atoms with Crippen LogP contribution in [0.2, 0.25) is 0 Å². The molecular formula is C14H21NO3. The molecule has 0 aliphatic rings. The largest absolute Gasteiger partial charge is 0.480 e. The third kappa shape index (κ3) is 4.13. The summed E-state index contributed by atoms with van der Waals surface area (Å²) in [5.74, 6) is -0.556. The quantitative estimate of drug-likeness (QED) is 0.720. The molecule has 0 heterocycles. The highest BCUT2D eigenvalue weighted by Gasteiger charge is 2.21. The van der Waals surface area contributed by atoms with Gasteiger partial charge in [0.15, 0.2) is 0 Å². The van der Waals surface area contributed by atoms with Crippen molar-refractivity contribution >= 4 is 5.97 Å². The number of carbonyl (C=O) groups is 1. The zero-order valence-corrected chi connectivity index (χ0v) is 11.1. The number of aliphatic hydroxyl groups excluding tert-OH is 1. The molecule has 0 aliphatic carbocycles. The van der Waals surface area contributed by atoms with Crippen LogP contribution in [0.15, 0.2) is 24.3 Å². The van der Waals surface area contributed by atoms with E-state index in [1.807, 2.05) is 24.3 Å². The molecule has 3 N–H and O–H groups in total. The topological polar surface area (TPSA) is 69.6 Å². The highest BCUT2D eigenvalue weighted by molar-refractivity contribution is 5.74. The fraction of sp³-hybridized carbons (Fsp3) is 0.500. The van der Waals surface area contributed by atoms with Crippen LogP contribution in [0.3, 0.4) is 0 Å². The van der Waals surface area contributed by atoms with Gasteiger partial charge < -0.3 is 10.2 Å². The monoisotopic (exact) mass is 251 g/mol. The van der Waals surface area contributed by atoms with Gasteiger partial charge in [-0.2, -0.15) is 0 Å². The number of carboxylic acid groups (broad SMARTS) is 1. The van der Waals surface area contributed by atoms with Gasteiger partial charge in [-0.05, 0) is 24.0 Å². The molecule has 0 bridgehead atoms. The van der Waals surface area contributed by atoms with E-state index >= 15 is 0 Å². The summed E-state index contributed by atoms with van der Waals surface area (Å²) in [6.07, 6.45) is -0.919. The van der Waals surface area contributed by atoms with Crippen LogP contribution in [-0.2, 0) is 11.3 Å². The van der Waals surface area contributed by atoms with Crippen LogP contribution >= 0.6 is 0 Å². The third-order valence-electron chi connectivity index (χ3n) is 2.92. The fourth-order valence-corrected chi connectivity index (χ4v) is 1.71. The molecule has 0 saturated heterocycles. The zero-order valence-electron chi connectivity index (χ0n) is 11.1. The maximum absolute atomic E-state index is 10.9. The van der Waals surface area contributed by atoms with E-state index in [-0.39, 0.29) is 0 Å². The Morgan fingerprint density at radius 2 is 1.78 bits per heavy atom. The van der Waals surface area contributed by atoms with Gasteiger partial charge in [-0.1, -0.05) is 38.1 Å². The van der Waals surface area contributed by atoms with Crippen LogP contribution < -0.4 is 5.32 Å². The predicted octanol–water partition coefficient (Wildman–Crippen LogP) is 1.73. The molecule has 0 radical (unpaired) electrons. The number of aliphatic hydroxyl groups is 1. The van der Waals surface area contributed by atoms with E-state index in [1.54, 1.807) is 0 Å². The summed E-state index contributed by atoms with van der Waals surface area (Å²) < 4.78 is 0. The average molecular weight is 251 g/mol. The second-order valence-corrected chi connectivity index (χ2v) is 4.83. The van der Waals surface area contributed by atoms with Crippen LogP contribution in [0.1, 0.15) is 37.8 Å². The summed E-state index contributed by atoms with van der Waals surface area (Å²) in [7, 11) is 0. The summed E-state index contributed by atoms with van der Waals surface area (Å²) >= 11 is 0. The second kappa shape index (κ2) is 6.52. The minimum Gasteiger partial charge on any atom is -0.480 e. The van der Waals surface area contributed by atoms with Crippen molar-refractivity contribution in [2.75, 3.05) is 0 Å². The van der Waals surface area contributed by atoms with Gasteiger partial charge in [0.05, 0.1) is 6.10 Å². The second-order valence-electron chi connectivity index (χ2n) is 4.83. The Kier molecular flexibility index (Phi) is 5.31. The molecule has 1 aromatic carbocycles. The number of hydrogen-bond donors (Lipinski definition) is 3. The molecule has 4 nitrogen and oxygen atoms in total. The number of aliphatic carboxylic acids is 1. The van der Waals surface area contributed by atoms with Crippen LogP contribution in [0, 0.1) is 0 Å². The van der Waals surface area contributed by atoms with Crippen molar-refractivity contribution in [2.45, 2.75) is 45.4 Å². The van der Waals surface area contributed by atoms with Crippen molar-refractivity contribution in [2.24, 2.45) is 0 Å². The van der Waals surface area contributed by atoms with Crippen LogP contribution in [-0.4, -0.2) is 28.3 Å². The summed E-state index contributed by atoms with van der Waals surface area (Å²) in [5.41, 5.74) is 2.26. The molecule has 0 saturated carbocycles. The van der Waals surface area contributed by atoms with Crippen molar-refractivity contribution in [3.63, 3.8) is 0 Å². The fourth-order valence-electron chi connectivity index (χ4n) is 1.71. The summed E-state index contributed by atoms with van der Waals surface area (Å²) in [6, 6.07) is 7.10. The molecule has 0 fully saturated rings. The minimum atomic E-state index is -1.04. The van der Waals surface area contributed by atoms with Gasteiger partial charge in [0.2, 0.25) is 0 Å². The summed E-state index contributed by atoms with van der Waals surface area (Å²) in [4.78, 5) is 10.9. The molecule has 18 heavy (non-hydrogen) atoms. The smallest absolute Gasteiger partial charge is 0.323 e. The van der Waals surface area contributed by atoms with Crippen molar-refractivity contribution < 1.29 is 15.0 Å². The van der Waals surface area contributed by atoms with E-state index in [0.717, 1.165) is 5.56 Å². The molecular weight excluding hydrogens is 230 g/mol. The first kappa shape index (κ1) is 14.7. The number of hydrogen-bond acceptors (Lipinski definition) is 3. The maximum Gasteiger partial charge on any atom is 0.323 e. The number of rotatable bonds is 6. The Balaban J connectivity index is 2.60. The lowest BCUT2D eigenvalue weighted by Gasteiger charge is -2.17. The Morgan fingerprint density at radius 1 is 1.22 bits per heavy atom. The lowest BCUT2D eigenvalue weighted by atomic mass is 10.0. The number of benzene rings is 1. The SMILES string of the molecule is CC(C)c1ccc(CNC(C(=O)O)C(C)O)cc1. The molecule has 1 rings (SSSR count). The van der Waals surface area contributed by atoms with E-state index in [2.05, 4.69) is 19.2 Å². The number of nitrogens with one attached hydrogen (secondary N) is 1. The van der Waals surface area contributed by atoms with Crippen molar-refractivity contribution in [3.05, 3.63) is 35.4 Å². The van der Waals surface area contributed by atoms with Gasteiger partial charge in [-0.3, -0.25) is 10.1 Å². The highest BCUT2D eigenvalue weighted by Crippen LogP contribution is 2.14. The third-order valence-corrected chi connectivity index (χ3v) is 2.92. The van der Waals surface area contributed by atoms with Crippen LogP contribution in [0.5, 0.6) is 0 Å². The van der Waals surface area contributed by atoms with Gasteiger partial charge in [0.25, 0.3) is 0 Å². The molecule has 0 aromatic heterocycles. The van der Waals surface area contributed by atoms with Crippen molar-refractivity contribution in [1.29, 1.82) is 0 Å². The first-order valence-electron chi connectivity index (χ1n) is 6.15. The van der Waals surface area contributed by atoms with Gasteiger partial charge in [0, 0.05) is 6.54 Å². The molecule has 0 aliphatic heterocycles. The lowest BCUT2D eigenvalue weighted by molar-refractivity contribution is -0.142. The lowest BCUT2D eigenvalue weighted by Crippen LogP contribution is -2.44. The van der Waals surface area contributed by atoms with Crippen molar-refractivity contribution in [3.8, 4) is 0 Å². The molecule has 0 spiro atoms. The van der Waals surface area contributed by atoms with Gasteiger partial charge in [-0.15, -0.1) is 0 Å². The zero-order chi connectivity index (χ0) is 13.7. The molecule has 2 unspecified atom stereocenters. The average Bonchev–Trinajstić information content (AvgIpc) is 2.28. The van der Waals surface area contributed by atoms with Crippen LogP contribution in [0.4, 0.5) is 0 Å². The highest BCUT2D eigenvalue weighted by atomic mass is 16.4. The first-order valence-corrected chi connectivity index (χ1v) is 6.15. The molecule has 0 amide bonds. The van der Waals surface area contributed by atoms with E-state index in [9.17, 15) is 9.90 Å². The molecule has 4 heteroatoms. The Morgan fingerprint density at radius 3 is 2.17 bits per heavy atom. The van der Waals surface area contributed by atoms with E-state index in [0.29, 0.717) is 12.5 Å². The van der Waals surface area contributed by atoms with Crippen LogP contribution in [0.25, 0.3) is 0 Å². The van der Waals surface area contributed by atoms with E-state index < -0.39 is 18.1 Å². The predicted molar refractivity (Wildman–Crippen MR) is 70.5 cm³/mol. The Hall–Kier alpha value is -1.39. The molecule has 100 valence electrons. The van der Waals surface area contributed by atoms with E-state index in [1.165, 1.54) is 12.5 Å². The van der Waals surface area contributed by atoms with Gasteiger partial charge in [0.1, 0.15) is 6.04 Å². The maximum atomic E-state index is 10.9. The Labute approximate surface area is 108 Å². The summed E-state index contributed by atoms with van der Waals surface area (Å²) in [6.45, 7) is 6.15. The minimum absolute atomic E-state index is 0.431. The first-order chi connectivity index (χ1) is 8.41.